The Morgan fingerprint density at radius 1 is 1.27 bits per heavy atom. The molecule has 0 saturated carbocycles. The number of alkyl halides is 3. The fraction of sp³-hybridized carbons (Fsp3) is 0.143. The largest absolute Gasteiger partial charge is 0.464 e. The van der Waals surface area contributed by atoms with Crippen LogP contribution in [0.25, 0.3) is 11.1 Å². The number of nitrogens with zero attached hydrogens (tertiary/aromatic N) is 1. The molecular weight excluding hydrogens is 417 g/mol. The van der Waals surface area contributed by atoms with Crippen molar-refractivity contribution in [2.24, 2.45) is 0 Å². The average molecular weight is 425 g/mol. The van der Waals surface area contributed by atoms with Crippen LogP contribution in [0.5, 0.6) is 0 Å². The summed E-state index contributed by atoms with van der Waals surface area (Å²) >= 11 is 1.82. The highest BCUT2D eigenvalue weighted by Crippen LogP contribution is 2.33. The predicted octanol–water partition coefficient (Wildman–Crippen LogP) is 4.30. The van der Waals surface area contributed by atoms with Crippen LogP contribution in [0.3, 0.4) is 0 Å². The molecule has 0 bridgehead atoms. The minimum atomic E-state index is -4.61. The molecule has 0 fully saturated rings. The third-order valence-corrected chi connectivity index (χ3v) is 3.65. The van der Waals surface area contributed by atoms with Crippen molar-refractivity contribution in [3.8, 4) is 11.1 Å². The molecule has 2 aromatic rings. The van der Waals surface area contributed by atoms with Crippen LogP contribution >= 0.6 is 22.6 Å². The van der Waals surface area contributed by atoms with E-state index in [4.69, 9.17) is 0 Å². The van der Waals surface area contributed by atoms with Gasteiger partial charge in [0.05, 0.1) is 12.7 Å². The summed E-state index contributed by atoms with van der Waals surface area (Å²) < 4.78 is 56.4. The molecule has 0 amide bonds. The van der Waals surface area contributed by atoms with Crippen LogP contribution in [0.4, 0.5) is 17.6 Å². The molecule has 1 aromatic carbocycles. The van der Waals surface area contributed by atoms with E-state index in [0.29, 0.717) is 9.64 Å². The first kappa shape index (κ1) is 16.7. The lowest BCUT2D eigenvalue weighted by atomic mass is 10.0. The van der Waals surface area contributed by atoms with Gasteiger partial charge in [-0.05, 0) is 40.8 Å². The van der Waals surface area contributed by atoms with Gasteiger partial charge in [0.15, 0.2) is 5.69 Å². The molecule has 1 aromatic heterocycles. The van der Waals surface area contributed by atoms with E-state index in [1.807, 2.05) is 22.6 Å². The van der Waals surface area contributed by atoms with Crippen LogP contribution in [-0.2, 0) is 10.9 Å². The van der Waals surface area contributed by atoms with Crippen molar-refractivity contribution in [2.45, 2.75) is 6.18 Å². The fourth-order valence-corrected chi connectivity index (χ4v) is 2.45. The quantitative estimate of drug-likeness (QED) is 0.410. The SMILES string of the molecule is COC(=O)c1ncc(-c2ccc(C(F)(F)F)cc2F)cc1I. The molecule has 0 aliphatic heterocycles. The monoisotopic (exact) mass is 425 g/mol. The number of pyridine rings is 1. The molecule has 22 heavy (non-hydrogen) atoms. The Morgan fingerprint density at radius 3 is 2.45 bits per heavy atom. The third-order valence-electron chi connectivity index (χ3n) is 2.83. The number of hydrogen-bond acceptors (Lipinski definition) is 3. The van der Waals surface area contributed by atoms with Gasteiger partial charge in [-0.1, -0.05) is 6.07 Å². The van der Waals surface area contributed by atoms with Crippen molar-refractivity contribution < 1.29 is 27.1 Å². The van der Waals surface area contributed by atoms with E-state index in [-0.39, 0.29) is 16.8 Å². The molecule has 8 heteroatoms. The second-order valence-corrected chi connectivity index (χ2v) is 5.40. The molecule has 2 rings (SSSR count). The predicted molar refractivity (Wildman–Crippen MR) is 78.7 cm³/mol. The normalized spacial score (nSPS) is 11.4. The Bertz CT molecular complexity index is 731. The van der Waals surface area contributed by atoms with E-state index in [1.54, 1.807) is 0 Å². The van der Waals surface area contributed by atoms with E-state index in [2.05, 4.69) is 9.72 Å². The smallest absolute Gasteiger partial charge is 0.416 e. The molecule has 116 valence electrons. The van der Waals surface area contributed by atoms with Crippen LogP contribution in [0.15, 0.2) is 30.5 Å². The average Bonchev–Trinajstić information content (AvgIpc) is 2.45. The molecule has 0 spiro atoms. The maximum Gasteiger partial charge on any atom is 0.416 e. The van der Waals surface area contributed by atoms with Crippen LogP contribution in [0.1, 0.15) is 16.1 Å². The summed E-state index contributed by atoms with van der Waals surface area (Å²) in [4.78, 5) is 15.3. The van der Waals surface area contributed by atoms with Crippen molar-refractivity contribution in [3.05, 3.63) is 51.1 Å². The Labute approximate surface area is 136 Å². The van der Waals surface area contributed by atoms with Gasteiger partial charge in [-0.2, -0.15) is 13.2 Å². The summed E-state index contributed by atoms with van der Waals surface area (Å²) in [6.07, 6.45) is -3.40. The number of halogens is 5. The van der Waals surface area contributed by atoms with Crippen molar-refractivity contribution >= 4 is 28.6 Å². The molecule has 0 radical (unpaired) electrons. The van der Waals surface area contributed by atoms with Crippen LogP contribution in [0.2, 0.25) is 0 Å². The van der Waals surface area contributed by atoms with E-state index in [1.165, 1.54) is 19.4 Å². The molecule has 0 saturated heterocycles. The number of esters is 1. The lowest BCUT2D eigenvalue weighted by Crippen LogP contribution is -2.07. The van der Waals surface area contributed by atoms with Gasteiger partial charge in [-0.15, -0.1) is 0 Å². The number of aromatic nitrogens is 1. The molecule has 0 aliphatic carbocycles. The molecule has 0 atom stereocenters. The lowest BCUT2D eigenvalue weighted by Gasteiger charge is -2.10. The highest BCUT2D eigenvalue weighted by molar-refractivity contribution is 14.1. The standard InChI is InChI=1S/C14H8F4INO2/c1-22-13(21)12-11(19)4-7(6-20-12)9-3-2-8(5-10(9)15)14(16,17)18/h2-6H,1H3. The van der Waals surface area contributed by atoms with Gasteiger partial charge >= 0.3 is 12.1 Å². The zero-order valence-corrected chi connectivity index (χ0v) is 13.2. The van der Waals surface area contributed by atoms with E-state index < -0.39 is 23.5 Å². The first-order valence-corrected chi connectivity index (χ1v) is 6.93. The van der Waals surface area contributed by atoms with Gasteiger partial charge in [-0.25, -0.2) is 14.2 Å². The first-order chi connectivity index (χ1) is 10.2. The topological polar surface area (TPSA) is 39.2 Å². The molecule has 0 unspecified atom stereocenters. The Balaban J connectivity index is 2.45. The molecular formula is C14H8F4INO2. The number of methoxy groups -OCH3 is 1. The van der Waals surface area contributed by atoms with Gasteiger partial charge < -0.3 is 4.74 Å². The van der Waals surface area contributed by atoms with Crippen LogP contribution < -0.4 is 0 Å². The Morgan fingerprint density at radius 2 is 1.95 bits per heavy atom. The lowest BCUT2D eigenvalue weighted by molar-refractivity contribution is -0.137. The van der Waals surface area contributed by atoms with Crippen molar-refractivity contribution in [2.75, 3.05) is 7.11 Å². The third kappa shape index (κ3) is 3.37. The maximum absolute atomic E-state index is 13.9. The van der Waals surface area contributed by atoms with Crippen molar-refractivity contribution in [1.82, 2.24) is 4.98 Å². The van der Waals surface area contributed by atoms with E-state index >= 15 is 0 Å². The summed E-state index contributed by atoms with van der Waals surface area (Å²) in [6, 6.07) is 3.70. The second kappa shape index (κ2) is 6.19. The number of hydrogen-bond donors (Lipinski definition) is 0. The van der Waals surface area contributed by atoms with E-state index in [0.717, 1.165) is 12.1 Å². The molecule has 1 heterocycles. The van der Waals surface area contributed by atoms with E-state index in [9.17, 15) is 22.4 Å². The van der Waals surface area contributed by atoms with Crippen LogP contribution in [0, 0.1) is 9.39 Å². The summed E-state index contributed by atoms with van der Waals surface area (Å²) in [5.74, 6) is -1.66. The number of ether oxygens (including phenoxy) is 1. The van der Waals surface area contributed by atoms with Crippen LogP contribution in [-0.4, -0.2) is 18.1 Å². The summed E-state index contributed by atoms with van der Waals surface area (Å²) in [7, 11) is 1.20. The summed E-state index contributed by atoms with van der Waals surface area (Å²) in [5.41, 5.74) is -0.778. The van der Waals surface area contributed by atoms with Gasteiger partial charge in [-0.3, -0.25) is 0 Å². The van der Waals surface area contributed by atoms with Crippen molar-refractivity contribution in [3.63, 3.8) is 0 Å². The first-order valence-electron chi connectivity index (χ1n) is 5.85. The number of carbonyl (C=O) groups excluding carboxylic acids is 1. The highest BCUT2D eigenvalue weighted by Gasteiger charge is 2.31. The minimum absolute atomic E-state index is 0.0326. The minimum Gasteiger partial charge on any atom is -0.464 e. The molecule has 3 nitrogen and oxygen atoms in total. The molecule has 0 aliphatic rings. The number of rotatable bonds is 2. The molecule has 0 N–H and O–H groups in total. The Hall–Kier alpha value is -1.71. The van der Waals surface area contributed by atoms with Gasteiger partial charge in [0, 0.05) is 20.9 Å². The summed E-state index contributed by atoms with van der Waals surface area (Å²) in [5, 5.41) is 0. The van der Waals surface area contributed by atoms with Gasteiger partial charge in [0.25, 0.3) is 0 Å². The zero-order chi connectivity index (χ0) is 16.5. The maximum atomic E-state index is 13.9. The Kier molecular flexibility index (Phi) is 4.69. The van der Waals surface area contributed by atoms with Crippen molar-refractivity contribution in [1.29, 1.82) is 0 Å². The number of benzene rings is 1. The zero-order valence-electron chi connectivity index (χ0n) is 11.0. The number of carbonyl (C=O) groups is 1. The highest BCUT2D eigenvalue weighted by atomic mass is 127. The second-order valence-electron chi connectivity index (χ2n) is 4.24. The van der Waals surface area contributed by atoms with Gasteiger partial charge in [0.2, 0.25) is 0 Å². The van der Waals surface area contributed by atoms with Gasteiger partial charge in [0.1, 0.15) is 5.82 Å². The fourth-order valence-electron chi connectivity index (χ4n) is 1.76. The summed E-state index contributed by atoms with van der Waals surface area (Å²) in [6.45, 7) is 0.